The van der Waals surface area contributed by atoms with Gasteiger partial charge in [-0.3, -0.25) is 4.68 Å². The summed E-state index contributed by atoms with van der Waals surface area (Å²) >= 11 is 0. The summed E-state index contributed by atoms with van der Waals surface area (Å²) in [4.78, 5) is 4.52. The lowest BCUT2D eigenvalue weighted by atomic mass is 9.96. The summed E-state index contributed by atoms with van der Waals surface area (Å²) in [7, 11) is -3.71. The largest absolute Gasteiger partial charge is 0.339 e. The molecule has 0 saturated carbocycles. The molecule has 4 rings (SSSR count). The Labute approximate surface area is 138 Å². The molecule has 3 aromatic rings. The van der Waals surface area contributed by atoms with Gasteiger partial charge in [0, 0.05) is 36.3 Å². The second-order valence-corrected chi connectivity index (χ2v) is 7.32. The Balaban J connectivity index is 1.57. The summed E-state index contributed by atoms with van der Waals surface area (Å²) in [5.41, 5.74) is 1.83. The van der Waals surface area contributed by atoms with Gasteiger partial charge in [0.15, 0.2) is 0 Å². The number of sulfonamides is 1. The minimum atomic E-state index is -3.71. The van der Waals surface area contributed by atoms with E-state index in [1.807, 2.05) is 10.7 Å². The lowest BCUT2D eigenvalue weighted by Gasteiger charge is -2.19. The zero-order valence-corrected chi connectivity index (χ0v) is 13.5. The fourth-order valence-corrected chi connectivity index (χ4v) is 3.41. The standard InChI is InChI=1S/C15H15N5O3S/c16-24(21,22)13-3-1-10(2-4-13)14-18-15(23-19-14)11-6-8-20-12(9-11)5-7-17-20/h1-5,7,11H,6,8-9H2,(H2,16,21,22). The number of aromatic nitrogens is 4. The molecule has 0 fully saturated rings. The molecule has 0 bridgehead atoms. The molecule has 0 spiro atoms. The van der Waals surface area contributed by atoms with Gasteiger partial charge >= 0.3 is 0 Å². The number of rotatable bonds is 3. The van der Waals surface area contributed by atoms with Crippen molar-refractivity contribution < 1.29 is 12.9 Å². The first kappa shape index (κ1) is 15.0. The Morgan fingerprint density at radius 2 is 2.00 bits per heavy atom. The maximum atomic E-state index is 11.3. The Morgan fingerprint density at radius 1 is 1.21 bits per heavy atom. The lowest BCUT2D eigenvalue weighted by Crippen LogP contribution is -2.18. The minimum Gasteiger partial charge on any atom is -0.339 e. The molecule has 1 atom stereocenters. The molecular formula is C15H15N5O3S. The van der Waals surface area contributed by atoms with Gasteiger partial charge in [-0.05, 0) is 36.8 Å². The molecule has 0 saturated heterocycles. The summed E-state index contributed by atoms with van der Waals surface area (Å²) in [6.45, 7) is 0.827. The van der Waals surface area contributed by atoms with E-state index in [0.29, 0.717) is 17.3 Å². The molecule has 3 heterocycles. The fourth-order valence-electron chi connectivity index (χ4n) is 2.89. The first-order chi connectivity index (χ1) is 11.5. The highest BCUT2D eigenvalue weighted by Gasteiger charge is 2.25. The highest BCUT2D eigenvalue weighted by Crippen LogP contribution is 2.29. The van der Waals surface area contributed by atoms with E-state index in [0.717, 1.165) is 25.1 Å². The van der Waals surface area contributed by atoms with Crippen molar-refractivity contribution in [3.8, 4) is 11.4 Å². The van der Waals surface area contributed by atoms with Crippen LogP contribution in [0.2, 0.25) is 0 Å². The zero-order chi connectivity index (χ0) is 16.7. The zero-order valence-electron chi connectivity index (χ0n) is 12.7. The van der Waals surface area contributed by atoms with Crippen LogP contribution in [0.3, 0.4) is 0 Å². The molecule has 1 unspecified atom stereocenters. The van der Waals surface area contributed by atoms with Gasteiger partial charge in [-0.2, -0.15) is 10.1 Å². The molecule has 2 aromatic heterocycles. The maximum absolute atomic E-state index is 11.3. The van der Waals surface area contributed by atoms with Crippen LogP contribution in [0.1, 0.15) is 23.9 Å². The molecule has 8 nitrogen and oxygen atoms in total. The second-order valence-electron chi connectivity index (χ2n) is 5.76. The number of fused-ring (bicyclic) bond motifs is 1. The van der Waals surface area contributed by atoms with Gasteiger partial charge in [0.25, 0.3) is 0 Å². The maximum Gasteiger partial charge on any atom is 0.238 e. The van der Waals surface area contributed by atoms with E-state index in [-0.39, 0.29) is 10.8 Å². The average Bonchev–Trinajstić information content (AvgIpc) is 3.22. The fraction of sp³-hybridized carbons (Fsp3) is 0.267. The Hall–Kier alpha value is -2.52. The van der Waals surface area contributed by atoms with E-state index in [2.05, 4.69) is 15.2 Å². The summed E-state index contributed by atoms with van der Waals surface area (Å²) in [5, 5.41) is 13.4. The highest BCUT2D eigenvalue weighted by atomic mass is 32.2. The molecule has 1 aliphatic heterocycles. The monoisotopic (exact) mass is 345 g/mol. The van der Waals surface area contributed by atoms with Gasteiger partial charge in [-0.25, -0.2) is 13.6 Å². The topological polar surface area (TPSA) is 117 Å². The van der Waals surface area contributed by atoms with Crippen LogP contribution in [0.15, 0.2) is 45.9 Å². The van der Waals surface area contributed by atoms with Crippen molar-refractivity contribution in [2.75, 3.05) is 0 Å². The van der Waals surface area contributed by atoms with Crippen molar-refractivity contribution in [2.24, 2.45) is 5.14 Å². The van der Waals surface area contributed by atoms with E-state index in [4.69, 9.17) is 9.66 Å². The van der Waals surface area contributed by atoms with E-state index in [1.165, 1.54) is 12.1 Å². The third-order valence-electron chi connectivity index (χ3n) is 4.18. The van der Waals surface area contributed by atoms with Crippen LogP contribution in [0.25, 0.3) is 11.4 Å². The van der Waals surface area contributed by atoms with Gasteiger partial charge < -0.3 is 4.52 Å². The highest BCUT2D eigenvalue weighted by molar-refractivity contribution is 7.89. The van der Waals surface area contributed by atoms with E-state index < -0.39 is 10.0 Å². The van der Waals surface area contributed by atoms with Crippen molar-refractivity contribution in [1.82, 2.24) is 19.9 Å². The van der Waals surface area contributed by atoms with Gasteiger partial charge in [0.05, 0.1) is 4.90 Å². The smallest absolute Gasteiger partial charge is 0.238 e. The Morgan fingerprint density at radius 3 is 2.75 bits per heavy atom. The first-order valence-electron chi connectivity index (χ1n) is 7.48. The van der Waals surface area contributed by atoms with Crippen LogP contribution in [0.4, 0.5) is 0 Å². The predicted molar refractivity (Wildman–Crippen MR) is 84.4 cm³/mol. The number of nitrogens with two attached hydrogens (primary N) is 1. The molecule has 1 aliphatic rings. The number of nitrogens with zero attached hydrogens (tertiary/aromatic N) is 4. The number of aryl methyl sites for hydroxylation is 1. The van der Waals surface area contributed by atoms with Crippen molar-refractivity contribution in [1.29, 1.82) is 0 Å². The van der Waals surface area contributed by atoms with Crippen LogP contribution < -0.4 is 5.14 Å². The molecule has 2 N–H and O–H groups in total. The van der Waals surface area contributed by atoms with Crippen LogP contribution in [-0.2, 0) is 23.0 Å². The third-order valence-corrected chi connectivity index (χ3v) is 5.11. The van der Waals surface area contributed by atoms with Crippen LogP contribution in [-0.4, -0.2) is 28.3 Å². The van der Waals surface area contributed by atoms with E-state index in [1.54, 1.807) is 18.3 Å². The molecule has 24 heavy (non-hydrogen) atoms. The van der Waals surface area contributed by atoms with Gasteiger partial charge in [0.2, 0.25) is 21.7 Å². The number of primary sulfonamides is 1. The van der Waals surface area contributed by atoms with Crippen LogP contribution in [0, 0.1) is 0 Å². The molecule has 9 heteroatoms. The minimum absolute atomic E-state index is 0.0514. The second kappa shape index (κ2) is 5.53. The Bertz CT molecular complexity index is 975. The number of benzene rings is 1. The van der Waals surface area contributed by atoms with E-state index >= 15 is 0 Å². The van der Waals surface area contributed by atoms with Gasteiger partial charge in [0.1, 0.15) is 0 Å². The molecule has 0 aliphatic carbocycles. The quantitative estimate of drug-likeness (QED) is 0.765. The summed E-state index contributed by atoms with van der Waals surface area (Å²) in [6.07, 6.45) is 3.50. The molecule has 124 valence electrons. The Kier molecular flexibility index (Phi) is 3.47. The summed E-state index contributed by atoms with van der Waals surface area (Å²) < 4.78 is 30.0. The molecule has 0 radical (unpaired) electrons. The van der Waals surface area contributed by atoms with Gasteiger partial charge in [-0.1, -0.05) is 5.16 Å². The summed E-state index contributed by atoms with van der Waals surface area (Å²) in [5.74, 6) is 1.19. The average molecular weight is 345 g/mol. The number of hydrogen-bond acceptors (Lipinski definition) is 6. The van der Waals surface area contributed by atoms with Crippen LogP contribution >= 0.6 is 0 Å². The summed E-state index contributed by atoms with van der Waals surface area (Å²) in [6, 6.07) is 8.09. The first-order valence-corrected chi connectivity index (χ1v) is 9.03. The van der Waals surface area contributed by atoms with Gasteiger partial charge in [-0.15, -0.1) is 0 Å². The van der Waals surface area contributed by atoms with Crippen molar-refractivity contribution in [3.63, 3.8) is 0 Å². The van der Waals surface area contributed by atoms with E-state index in [9.17, 15) is 8.42 Å². The lowest BCUT2D eigenvalue weighted by molar-refractivity contribution is 0.319. The van der Waals surface area contributed by atoms with Crippen molar-refractivity contribution in [3.05, 3.63) is 48.1 Å². The third kappa shape index (κ3) is 2.72. The molecular weight excluding hydrogens is 330 g/mol. The van der Waals surface area contributed by atoms with Crippen molar-refractivity contribution in [2.45, 2.75) is 30.2 Å². The normalized spacial score (nSPS) is 17.6. The number of hydrogen-bond donors (Lipinski definition) is 1. The molecule has 1 aromatic carbocycles. The predicted octanol–water partition coefficient (Wildman–Crippen LogP) is 1.31. The van der Waals surface area contributed by atoms with Crippen molar-refractivity contribution >= 4 is 10.0 Å². The SMILES string of the molecule is NS(=O)(=O)c1ccc(-c2noc(C3CCn4nccc4C3)n2)cc1. The molecule has 0 amide bonds. The van der Waals surface area contributed by atoms with Crippen LogP contribution in [0.5, 0.6) is 0 Å².